The van der Waals surface area contributed by atoms with Crippen LogP contribution in [0.3, 0.4) is 0 Å². The van der Waals surface area contributed by atoms with E-state index in [0.717, 1.165) is 37.5 Å². The molecule has 8 heteroatoms. The summed E-state index contributed by atoms with van der Waals surface area (Å²) >= 11 is 1.16. The van der Waals surface area contributed by atoms with Crippen LogP contribution in [0.5, 0.6) is 0 Å². The van der Waals surface area contributed by atoms with Gasteiger partial charge in [-0.25, -0.2) is 9.78 Å². The molecule has 0 saturated carbocycles. The third kappa shape index (κ3) is 5.30. The molecule has 1 amide bonds. The first-order valence-corrected chi connectivity index (χ1v) is 10.3. The van der Waals surface area contributed by atoms with Crippen LogP contribution in [0.25, 0.3) is 0 Å². The summed E-state index contributed by atoms with van der Waals surface area (Å²) in [5, 5.41) is 3.24. The number of nitrogens with zero attached hydrogens (tertiary/aromatic N) is 3. The van der Waals surface area contributed by atoms with E-state index in [4.69, 9.17) is 4.74 Å². The van der Waals surface area contributed by atoms with Gasteiger partial charge in [-0.15, -0.1) is 0 Å². The lowest BCUT2D eigenvalue weighted by Crippen LogP contribution is -2.47. The Morgan fingerprint density at radius 2 is 1.89 bits per heavy atom. The Balaban J connectivity index is 1.43. The summed E-state index contributed by atoms with van der Waals surface area (Å²) < 4.78 is 5.00. The number of hydrogen-bond acceptors (Lipinski definition) is 7. The molecule has 1 aromatic carbocycles. The zero-order chi connectivity index (χ0) is 19.9. The maximum atomic E-state index is 12.3. The van der Waals surface area contributed by atoms with E-state index in [2.05, 4.69) is 44.4 Å². The number of thiazole rings is 1. The number of nitrogens with one attached hydrogen (secondary N) is 1. The van der Waals surface area contributed by atoms with Gasteiger partial charge in [-0.3, -0.25) is 9.69 Å². The molecule has 1 aliphatic heterocycles. The number of para-hydroxylation sites is 1. The predicted octanol–water partition coefficient (Wildman–Crippen LogP) is 2.78. The Morgan fingerprint density at radius 3 is 2.57 bits per heavy atom. The molecule has 2 heterocycles. The summed E-state index contributed by atoms with van der Waals surface area (Å²) in [6, 6.07) is 10.4. The number of rotatable bonds is 7. The van der Waals surface area contributed by atoms with Crippen LogP contribution < -0.4 is 10.2 Å². The van der Waals surface area contributed by atoms with Gasteiger partial charge in [-0.05, 0) is 26.0 Å². The highest BCUT2D eigenvalue weighted by molar-refractivity contribution is 7.17. The average Bonchev–Trinajstić information content (AvgIpc) is 3.08. The highest BCUT2D eigenvalue weighted by atomic mass is 32.1. The molecular formula is C20H26N4O3S. The second-order valence-corrected chi connectivity index (χ2v) is 7.62. The van der Waals surface area contributed by atoms with Crippen LogP contribution in [-0.2, 0) is 9.53 Å². The highest BCUT2D eigenvalue weighted by Crippen LogP contribution is 2.23. The lowest BCUT2D eigenvalue weighted by Gasteiger charge is -2.36. The van der Waals surface area contributed by atoms with E-state index >= 15 is 0 Å². The molecule has 2 aromatic rings. The number of carbonyl (C=O) groups is 2. The third-order valence-electron chi connectivity index (χ3n) is 4.65. The molecule has 3 rings (SSSR count). The number of aromatic nitrogens is 1. The van der Waals surface area contributed by atoms with Gasteiger partial charge >= 0.3 is 5.97 Å². The number of carbonyl (C=O) groups excluding carboxylic acids is 2. The summed E-state index contributed by atoms with van der Waals surface area (Å²) in [7, 11) is 0. The molecule has 28 heavy (non-hydrogen) atoms. The van der Waals surface area contributed by atoms with Gasteiger partial charge in [0.1, 0.15) is 4.88 Å². The molecule has 7 nitrogen and oxygen atoms in total. The first-order valence-electron chi connectivity index (χ1n) is 9.53. The number of aryl methyl sites for hydroxylation is 1. The van der Waals surface area contributed by atoms with Crippen LogP contribution in [0.4, 0.5) is 10.8 Å². The van der Waals surface area contributed by atoms with Crippen LogP contribution in [0, 0.1) is 6.92 Å². The van der Waals surface area contributed by atoms with Crippen LogP contribution in [0.15, 0.2) is 30.3 Å². The van der Waals surface area contributed by atoms with E-state index in [1.54, 1.807) is 13.8 Å². The van der Waals surface area contributed by atoms with Gasteiger partial charge in [0.2, 0.25) is 5.91 Å². The predicted molar refractivity (Wildman–Crippen MR) is 111 cm³/mol. The minimum atomic E-state index is -0.394. The van der Waals surface area contributed by atoms with Crippen molar-refractivity contribution in [3.05, 3.63) is 40.9 Å². The van der Waals surface area contributed by atoms with Crippen LogP contribution in [-0.4, -0.2) is 61.1 Å². The van der Waals surface area contributed by atoms with Gasteiger partial charge in [0.25, 0.3) is 0 Å². The summed E-state index contributed by atoms with van der Waals surface area (Å²) in [6.07, 6.45) is 0.401. The highest BCUT2D eigenvalue weighted by Gasteiger charge is 2.19. The van der Waals surface area contributed by atoms with Crippen molar-refractivity contribution in [1.29, 1.82) is 0 Å². The van der Waals surface area contributed by atoms with Crippen LogP contribution >= 0.6 is 11.3 Å². The average molecular weight is 403 g/mol. The van der Waals surface area contributed by atoms with Gasteiger partial charge in [0, 0.05) is 44.8 Å². The zero-order valence-corrected chi connectivity index (χ0v) is 17.1. The number of benzene rings is 1. The van der Waals surface area contributed by atoms with E-state index < -0.39 is 5.97 Å². The Hall–Kier alpha value is -2.45. The Kier molecular flexibility index (Phi) is 7.00. The number of anilines is 2. The lowest BCUT2D eigenvalue weighted by molar-refractivity contribution is -0.116. The minimum absolute atomic E-state index is 0.0883. The minimum Gasteiger partial charge on any atom is -0.462 e. The van der Waals surface area contributed by atoms with Crippen LogP contribution in [0.1, 0.15) is 28.7 Å². The van der Waals surface area contributed by atoms with Crippen molar-refractivity contribution in [2.75, 3.05) is 49.5 Å². The normalized spacial score (nSPS) is 14.7. The maximum absolute atomic E-state index is 12.3. The third-order valence-corrected chi connectivity index (χ3v) is 5.71. The number of ether oxygens (including phenoxy) is 1. The topological polar surface area (TPSA) is 74.8 Å². The lowest BCUT2D eigenvalue weighted by atomic mass is 10.2. The fourth-order valence-electron chi connectivity index (χ4n) is 3.15. The quantitative estimate of drug-likeness (QED) is 0.718. The van der Waals surface area contributed by atoms with Crippen molar-refractivity contribution in [3.8, 4) is 0 Å². The van der Waals surface area contributed by atoms with Gasteiger partial charge in [-0.1, -0.05) is 29.5 Å². The molecule has 0 radical (unpaired) electrons. The largest absolute Gasteiger partial charge is 0.462 e. The van der Waals surface area contributed by atoms with Crippen molar-refractivity contribution < 1.29 is 14.3 Å². The summed E-state index contributed by atoms with van der Waals surface area (Å²) in [5.41, 5.74) is 1.83. The zero-order valence-electron chi connectivity index (χ0n) is 16.3. The second kappa shape index (κ2) is 9.66. The first-order chi connectivity index (χ1) is 13.6. The number of amides is 1. The van der Waals surface area contributed by atoms with Crippen molar-refractivity contribution in [2.45, 2.75) is 20.3 Å². The van der Waals surface area contributed by atoms with E-state index in [9.17, 15) is 9.59 Å². The summed E-state index contributed by atoms with van der Waals surface area (Å²) in [5.74, 6) is -0.482. The van der Waals surface area contributed by atoms with E-state index in [-0.39, 0.29) is 5.91 Å². The fraction of sp³-hybridized carbons (Fsp3) is 0.450. The van der Waals surface area contributed by atoms with Gasteiger partial charge in [-0.2, -0.15) is 0 Å². The van der Waals surface area contributed by atoms with E-state index in [1.807, 2.05) is 6.07 Å². The van der Waals surface area contributed by atoms with Crippen molar-refractivity contribution >= 4 is 34.0 Å². The van der Waals surface area contributed by atoms with Crippen LogP contribution in [0.2, 0.25) is 0 Å². The SMILES string of the molecule is CCOC(=O)c1sc(NC(=O)CCN2CCN(c3ccccc3)CC2)nc1C. The molecule has 0 aliphatic carbocycles. The molecule has 1 N–H and O–H groups in total. The number of esters is 1. The van der Waals surface area contributed by atoms with Gasteiger partial charge in [0.15, 0.2) is 5.13 Å². The molecule has 1 aromatic heterocycles. The van der Waals surface area contributed by atoms with Gasteiger partial charge in [0.05, 0.1) is 12.3 Å². The van der Waals surface area contributed by atoms with Crippen molar-refractivity contribution in [2.24, 2.45) is 0 Å². The standard InChI is InChI=1S/C20H26N4O3S/c1-3-27-19(26)18-15(2)21-20(28-18)22-17(25)9-10-23-11-13-24(14-12-23)16-7-5-4-6-8-16/h4-8H,3,9-14H2,1-2H3,(H,21,22,25). The van der Waals surface area contributed by atoms with E-state index in [0.29, 0.717) is 35.3 Å². The monoisotopic (exact) mass is 402 g/mol. The summed E-state index contributed by atoms with van der Waals surface area (Å²) in [6.45, 7) is 8.32. The maximum Gasteiger partial charge on any atom is 0.350 e. The molecule has 0 spiro atoms. The van der Waals surface area contributed by atoms with Crippen molar-refractivity contribution in [1.82, 2.24) is 9.88 Å². The molecule has 0 unspecified atom stereocenters. The molecule has 0 bridgehead atoms. The fourth-order valence-corrected chi connectivity index (χ4v) is 4.02. The number of hydrogen-bond donors (Lipinski definition) is 1. The molecular weight excluding hydrogens is 376 g/mol. The van der Waals surface area contributed by atoms with Gasteiger partial charge < -0.3 is 15.0 Å². The molecule has 150 valence electrons. The molecule has 0 atom stereocenters. The Labute approximate surface area is 169 Å². The molecule has 1 saturated heterocycles. The smallest absolute Gasteiger partial charge is 0.350 e. The Morgan fingerprint density at radius 1 is 1.18 bits per heavy atom. The first kappa shape index (κ1) is 20.3. The molecule has 1 aliphatic rings. The van der Waals surface area contributed by atoms with Crippen molar-refractivity contribution in [3.63, 3.8) is 0 Å². The summed E-state index contributed by atoms with van der Waals surface area (Å²) in [4.78, 5) is 33.5. The van der Waals surface area contributed by atoms with E-state index in [1.165, 1.54) is 5.69 Å². The molecule has 1 fully saturated rings. The Bertz CT molecular complexity index is 801. The number of piperazine rings is 1. The second-order valence-electron chi connectivity index (χ2n) is 6.62.